The van der Waals surface area contributed by atoms with Crippen molar-refractivity contribution in [2.45, 2.75) is 20.3 Å². The first-order valence-electron chi connectivity index (χ1n) is 9.14. The number of thiazole rings is 1. The summed E-state index contributed by atoms with van der Waals surface area (Å²) >= 11 is 2.87. The molecule has 1 aromatic carbocycles. The number of ether oxygens (including phenoxy) is 1. The second-order valence-corrected chi connectivity index (χ2v) is 9.11. The Labute approximate surface area is 176 Å². The topological polar surface area (TPSA) is 84.9 Å². The van der Waals surface area contributed by atoms with Gasteiger partial charge in [0, 0.05) is 30.8 Å². The van der Waals surface area contributed by atoms with Crippen LogP contribution < -0.4 is 9.54 Å². The lowest BCUT2D eigenvalue weighted by Crippen LogP contribution is -2.08. The summed E-state index contributed by atoms with van der Waals surface area (Å²) in [6, 6.07) is 5.75. The summed E-state index contributed by atoms with van der Waals surface area (Å²) in [6.07, 6.45) is 4.59. The number of benzene rings is 1. The minimum Gasteiger partial charge on any atom is -0.497 e. The van der Waals surface area contributed by atoms with Gasteiger partial charge in [0.2, 0.25) is 11.0 Å². The molecule has 3 aromatic rings. The Morgan fingerprint density at radius 3 is 2.86 bits per heavy atom. The van der Waals surface area contributed by atoms with Crippen LogP contribution in [0.4, 0.5) is 10.8 Å². The highest BCUT2D eigenvalue weighted by molar-refractivity contribution is 7.15. The second-order valence-electron chi connectivity index (χ2n) is 7.06. The van der Waals surface area contributed by atoms with Crippen molar-refractivity contribution in [3.05, 3.63) is 38.4 Å². The Balaban J connectivity index is 1.69. The lowest BCUT2D eigenvalue weighted by molar-refractivity contribution is 0.415. The molecule has 150 valence electrons. The van der Waals surface area contributed by atoms with E-state index in [1.54, 1.807) is 24.9 Å². The van der Waals surface area contributed by atoms with Crippen LogP contribution in [0.1, 0.15) is 29.3 Å². The Morgan fingerprint density at radius 2 is 2.10 bits per heavy atom. The van der Waals surface area contributed by atoms with E-state index in [9.17, 15) is 5.11 Å². The molecule has 0 amide bonds. The van der Waals surface area contributed by atoms with E-state index in [1.807, 2.05) is 24.3 Å². The molecule has 1 aliphatic rings. The number of aromatic hydroxyl groups is 1. The first-order chi connectivity index (χ1) is 13.9. The van der Waals surface area contributed by atoms with Crippen molar-refractivity contribution in [2.75, 3.05) is 7.11 Å². The van der Waals surface area contributed by atoms with E-state index in [4.69, 9.17) is 4.74 Å². The number of fused-ring (bicyclic) bond motifs is 1. The normalized spacial score (nSPS) is 14.9. The number of methoxy groups -OCH3 is 1. The van der Waals surface area contributed by atoms with Crippen molar-refractivity contribution in [3.63, 3.8) is 0 Å². The monoisotopic (exact) mass is 427 g/mol. The molecule has 0 aliphatic carbocycles. The molecule has 3 heterocycles. The standard InChI is InChI=1S/C20H21N5O2S2/c1-11(2)7-17-23-24-19(29-17)22-20-25(3)18(26)16(28-20)8-12-10-21-15-6-5-13(27-4)9-14(12)15/h5-6,8-11,26H,7H2,1-4H3. The molecule has 1 aliphatic heterocycles. The number of rotatable bonds is 5. The summed E-state index contributed by atoms with van der Waals surface area (Å²) in [5, 5.41) is 20.5. The number of aromatic nitrogens is 3. The van der Waals surface area contributed by atoms with Crippen LogP contribution in [0.3, 0.4) is 0 Å². The number of aliphatic imine (C=N–C) groups is 1. The van der Waals surface area contributed by atoms with E-state index in [1.165, 1.54) is 22.7 Å². The second kappa shape index (κ2) is 7.92. The van der Waals surface area contributed by atoms with Gasteiger partial charge >= 0.3 is 0 Å². The maximum Gasteiger partial charge on any atom is 0.234 e. The van der Waals surface area contributed by atoms with Crippen LogP contribution in [0.2, 0.25) is 0 Å². The molecule has 0 radical (unpaired) electrons. The summed E-state index contributed by atoms with van der Waals surface area (Å²) in [4.78, 5) is 10.4. The minimum atomic E-state index is 0.151. The Kier molecular flexibility index (Phi) is 5.33. The van der Waals surface area contributed by atoms with Gasteiger partial charge in [-0.15, -0.1) is 10.2 Å². The molecule has 0 fully saturated rings. The van der Waals surface area contributed by atoms with E-state index in [-0.39, 0.29) is 5.88 Å². The molecule has 0 saturated heterocycles. The van der Waals surface area contributed by atoms with Crippen LogP contribution >= 0.6 is 22.7 Å². The number of hydrogen-bond donors (Lipinski definition) is 1. The average Bonchev–Trinajstić information content (AvgIpc) is 3.37. The summed E-state index contributed by atoms with van der Waals surface area (Å²) < 4.78 is 6.97. The molecule has 29 heavy (non-hydrogen) atoms. The van der Waals surface area contributed by atoms with Gasteiger partial charge in [-0.1, -0.05) is 36.5 Å². The van der Waals surface area contributed by atoms with Crippen molar-refractivity contribution in [3.8, 4) is 11.6 Å². The summed E-state index contributed by atoms with van der Waals surface area (Å²) in [7, 11) is 3.42. The zero-order valence-electron chi connectivity index (χ0n) is 16.6. The van der Waals surface area contributed by atoms with Crippen LogP contribution in [-0.4, -0.2) is 33.2 Å². The van der Waals surface area contributed by atoms with E-state index >= 15 is 0 Å². The minimum absolute atomic E-state index is 0.151. The van der Waals surface area contributed by atoms with Crippen molar-refractivity contribution >= 4 is 51.4 Å². The van der Waals surface area contributed by atoms with E-state index in [2.05, 4.69) is 34.0 Å². The maximum absolute atomic E-state index is 10.6. The lowest BCUT2D eigenvalue weighted by Gasteiger charge is -2.03. The predicted octanol–water partition coefficient (Wildman–Crippen LogP) is 4.34. The van der Waals surface area contributed by atoms with Gasteiger partial charge in [-0.3, -0.25) is 9.56 Å². The van der Waals surface area contributed by atoms with Crippen molar-refractivity contribution < 1.29 is 9.84 Å². The number of hydrogen-bond acceptors (Lipinski definition) is 8. The van der Waals surface area contributed by atoms with Gasteiger partial charge in [0.1, 0.15) is 10.8 Å². The van der Waals surface area contributed by atoms with Gasteiger partial charge in [0.25, 0.3) is 0 Å². The maximum atomic E-state index is 10.6. The third-order valence-electron chi connectivity index (χ3n) is 4.40. The van der Waals surface area contributed by atoms with Crippen LogP contribution in [0.5, 0.6) is 11.6 Å². The molecular formula is C20H21N5O2S2. The molecular weight excluding hydrogens is 406 g/mol. The quantitative estimate of drug-likeness (QED) is 0.656. The summed E-state index contributed by atoms with van der Waals surface area (Å²) in [6.45, 7) is 4.30. The van der Waals surface area contributed by atoms with Crippen molar-refractivity contribution in [2.24, 2.45) is 23.0 Å². The van der Waals surface area contributed by atoms with E-state index < -0.39 is 0 Å². The van der Waals surface area contributed by atoms with Crippen LogP contribution in [-0.2, 0) is 13.5 Å². The van der Waals surface area contributed by atoms with Gasteiger partial charge in [-0.05, 0) is 30.2 Å². The summed E-state index contributed by atoms with van der Waals surface area (Å²) in [5.74, 6) is 1.44. The molecule has 0 spiro atoms. The third kappa shape index (κ3) is 4.01. The Morgan fingerprint density at radius 1 is 1.28 bits per heavy atom. The first-order valence-corrected chi connectivity index (χ1v) is 10.8. The number of nitrogens with zero attached hydrogens (tertiary/aromatic N) is 5. The van der Waals surface area contributed by atoms with Crippen LogP contribution in [0.15, 0.2) is 28.2 Å². The third-order valence-corrected chi connectivity index (χ3v) is 6.31. The molecule has 0 unspecified atom stereocenters. The van der Waals surface area contributed by atoms with Crippen LogP contribution in [0, 0.1) is 5.92 Å². The zero-order valence-corrected chi connectivity index (χ0v) is 18.2. The Bertz CT molecular complexity index is 1180. The fraction of sp³-hybridized carbons (Fsp3) is 0.300. The van der Waals surface area contributed by atoms with Crippen molar-refractivity contribution in [1.82, 2.24) is 14.8 Å². The van der Waals surface area contributed by atoms with Gasteiger partial charge < -0.3 is 9.84 Å². The molecule has 0 atom stereocenters. The number of allylic oxidation sites excluding steroid dienone is 1. The highest BCUT2D eigenvalue weighted by Gasteiger charge is 2.16. The molecule has 0 bridgehead atoms. The van der Waals surface area contributed by atoms with E-state index in [0.29, 0.717) is 20.7 Å². The largest absolute Gasteiger partial charge is 0.497 e. The smallest absolute Gasteiger partial charge is 0.234 e. The van der Waals surface area contributed by atoms with Gasteiger partial charge in [-0.2, -0.15) is 4.99 Å². The van der Waals surface area contributed by atoms with Gasteiger partial charge in [0.15, 0.2) is 4.80 Å². The molecule has 7 nitrogen and oxygen atoms in total. The van der Waals surface area contributed by atoms with Crippen LogP contribution in [0.25, 0.3) is 11.6 Å². The summed E-state index contributed by atoms with van der Waals surface area (Å²) in [5.41, 5.74) is 2.77. The van der Waals surface area contributed by atoms with E-state index in [0.717, 1.165) is 34.0 Å². The highest BCUT2D eigenvalue weighted by Crippen LogP contribution is 2.36. The zero-order chi connectivity index (χ0) is 20.5. The molecule has 1 N–H and O–H groups in total. The predicted molar refractivity (Wildman–Crippen MR) is 118 cm³/mol. The highest BCUT2D eigenvalue weighted by atomic mass is 32.1. The van der Waals surface area contributed by atoms with Gasteiger partial charge in [-0.25, -0.2) is 0 Å². The average molecular weight is 428 g/mol. The molecule has 9 heteroatoms. The SMILES string of the molecule is COc1ccc2c(c1)C(=Cc1sc(=Nc3nnc(CC(C)C)s3)n(C)c1O)C=N2. The van der Waals surface area contributed by atoms with Crippen molar-refractivity contribution in [1.29, 1.82) is 0 Å². The fourth-order valence-electron chi connectivity index (χ4n) is 2.91. The molecule has 0 saturated carbocycles. The molecule has 4 rings (SSSR count). The van der Waals surface area contributed by atoms with Gasteiger partial charge in [0.05, 0.1) is 17.7 Å². The lowest BCUT2D eigenvalue weighted by atomic mass is 10.1. The Hall–Kier alpha value is -2.78. The first kappa shape index (κ1) is 19.5. The molecule has 2 aromatic heterocycles. The fourth-order valence-corrected chi connectivity index (χ4v) is 4.86.